The Balaban J connectivity index is 3.24. The first-order valence-corrected chi connectivity index (χ1v) is 4.96. The molecule has 0 radical (unpaired) electrons. The molecule has 88 valence electrons. The highest BCUT2D eigenvalue weighted by Crippen LogP contribution is 2.25. The highest BCUT2D eigenvalue weighted by atomic mass is 35.5. The molecule has 3 N–H and O–H groups in total. The zero-order valence-corrected chi connectivity index (χ0v) is 8.86. The molecule has 0 fully saturated rings. The number of benzene rings is 1. The monoisotopic (exact) mass is 248 g/mol. The summed E-state index contributed by atoms with van der Waals surface area (Å²) in [5, 5.41) is 27.6. The van der Waals surface area contributed by atoms with Gasteiger partial charge in [-0.3, -0.25) is 0 Å². The summed E-state index contributed by atoms with van der Waals surface area (Å²) in [5.41, 5.74) is -0.847. The molecule has 6 heteroatoms. The lowest BCUT2D eigenvalue weighted by molar-refractivity contribution is 0.0290. The number of carbonyl (C=O) groups is 1. The van der Waals surface area contributed by atoms with Crippen LogP contribution in [0.2, 0.25) is 0 Å². The van der Waals surface area contributed by atoms with Gasteiger partial charge in [0.05, 0.1) is 17.5 Å². The van der Waals surface area contributed by atoms with E-state index in [2.05, 4.69) is 0 Å². The zero-order valence-electron chi connectivity index (χ0n) is 8.10. The largest absolute Gasteiger partial charge is 0.478 e. The predicted molar refractivity (Wildman–Crippen MR) is 55.0 cm³/mol. The van der Waals surface area contributed by atoms with Gasteiger partial charge < -0.3 is 15.3 Å². The van der Waals surface area contributed by atoms with Crippen LogP contribution in [0.1, 0.15) is 22.0 Å². The first-order chi connectivity index (χ1) is 7.49. The van der Waals surface area contributed by atoms with Crippen LogP contribution in [0.15, 0.2) is 18.2 Å². The highest BCUT2D eigenvalue weighted by molar-refractivity contribution is 6.18. The molecule has 0 spiro atoms. The minimum absolute atomic E-state index is 0.325. The second-order valence-corrected chi connectivity index (χ2v) is 3.48. The number of aromatic carboxylic acids is 1. The number of alkyl halides is 1. The number of rotatable bonds is 4. The van der Waals surface area contributed by atoms with Crippen molar-refractivity contribution in [3.63, 3.8) is 0 Å². The van der Waals surface area contributed by atoms with Crippen LogP contribution in [0.5, 0.6) is 0 Å². The van der Waals surface area contributed by atoms with Gasteiger partial charge in [0.15, 0.2) is 0 Å². The zero-order chi connectivity index (χ0) is 12.3. The fraction of sp³-hybridized carbons (Fsp3) is 0.300. The van der Waals surface area contributed by atoms with Gasteiger partial charge >= 0.3 is 5.97 Å². The quantitative estimate of drug-likeness (QED) is 0.699. The standard InChI is InChI=1S/C10H10ClFO4/c11-4-7(13)9(14)8-5(10(15)16)2-1-3-6(8)12/h1-3,7,9,13-14H,4H2,(H,15,16). The summed E-state index contributed by atoms with van der Waals surface area (Å²) < 4.78 is 13.4. The van der Waals surface area contributed by atoms with Crippen molar-refractivity contribution < 1.29 is 24.5 Å². The van der Waals surface area contributed by atoms with E-state index >= 15 is 0 Å². The topological polar surface area (TPSA) is 77.8 Å². The molecule has 0 heterocycles. The molecular formula is C10H10ClFO4. The molecule has 4 nitrogen and oxygen atoms in total. The maximum atomic E-state index is 13.4. The van der Waals surface area contributed by atoms with Crippen molar-refractivity contribution in [3.8, 4) is 0 Å². The van der Waals surface area contributed by atoms with Crippen LogP contribution in [0.25, 0.3) is 0 Å². The van der Waals surface area contributed by atoms with Gasteiger partial charge in [-0.1, -0.05) is 6.07 Å². The minimum atomic E-state index is -1.66. The lowest BCUT2D eigenvalue weighted by Gasteiger charge is -2.18. The van der Waals surface area contributed by atoms with E-state index in [1.165, 1.54) is 6.07 Å². The summed E-state index contributed by atoms with van der Waals surface area (Å²) in [5.74, 6) is -2.60. The summed E-state index contributed by atoms with van der Waals surface area (Å²) in [7, 11) is 0. The van der Waals surface area contributed by atoms with E-state index in [4.69, 9.17) is 16.7 Å². The molecule has 0 aromatic heterocycles. The second-order valence-electron chi connectivity index (χ2n) is 3.17. The summed E-state index contributed by atoms with van der Waals surface area (Å²) in [4.78, 5) is 10.8. The molecule has 0 amide bonds. The van der Waals surface area contributed by atoms with Crippen LogP contribution in [-0.4, -0.2) is 33.3 Å². The van der Waals surface area contributed by atoms with E-state index < -0.39 is 35.1 Å². The molecule has 0 bridgehead atoms. The molecular weight excluding hydrogens is 239 g/mol. The average Bonchev–Trinajstić information content (AvgIpc) is 2.26. The Morgan fingerprint density at radius 3 is 2.56 bits per heavy atom. The van der Waals surface area contributed by atoms with Crippen LogP contribution in [0.3, 0.4) is 0 Å². The number of hydrogen-bond acceptors (Lipinski definition) is 3. The molecule has 0 saturated heterocycles. The van der Waals surface area contributed by atoms with Crippen LogP contribution < -0.4 is 0 Å². The Hall–Kier alpha value is -1.17. The Kier molecular flexibility index (Phi) is 4.23. The molecule has 2 unspecified atom stereocenters. The molecule has 0 aliphatic rings. The Morgan fingerprint density at radius 2 is 2.06 bits per heavy atom. The molecule has 1 rings (SSSR count). The average molecular weight is 249 g/mol. The van der Waals surface area contributed by atoms with Gasteiger partial charge in [0, 0.05) is 5.56 Å². The molecule has 0 aliphatic heterocycles. The third kappa shape index (κ3) is 2.49. The number of aliphatic hydroxyl groups is 2. The maximum Gasteiger partial charge on any atom is 0.336 e. The summed E-state index contributed by atoms with van der Waals surface area (Å²) in [6.07, 6.45) is -3.08. The van der Waals surface area contributed by atoms with E-state index in [1.54, 1.807) is 0 Å². The first kappa shape index (κ1) is 12.9. The van der Waals surface area contributed by atoms with Crippen LogP contribution >= 0.6 is 11.6 Å². The lowest BCUT2D eigenvalue weighted by Crippen LogP contribution is -2.23. The van der Waals surface area contributed by atoms with Gasteiger partial charge in [-0.15, -0.1) is 11.6 Å². The van der Waals surface area contributed by atoms with E-state index in [0.717, 1.165) is 12.1 Å². The van der Waals surface area contributed by atoms with Crippen molar-refractivity contribution in [1.82, 2.24) is 0 Å². The molecule has 16 heavy (non-hydrogen) atoms. The van der Waals surface area contributed by atoms with Gasteiger partial charge in [0.2, 0.25) is 0 Å². The summed E-state index contributed by atoms with van der Waals surface area (Å²) in [6.45, 7) is 0. The van der Waals surface area contributed by atoms with Crippen molar-refractivity contribution >= 4 is 17.6 Å². The van der Waals surface area contributed by atoms with E-state index in [1.807, 2.05) is 0 Å². The molecule has 1 aromatic rings. The Bertz CT molecular complexity index is 396. The number of halogens is 2. The molecule has 2 atom stereocenters. The maximum absolute atomic E-state index is 13.4. The third-order valence-corrected chi connectivity index (χ3v) is 2.42. The first-order valence-electron chi connectivity index (χ1n) is 4.42. The van der Waals surface area contributed by atoms with Gasteiger partial charge in [-0.2, -0.15) is 0 Å². The van der Waals surface area contributed by atoms with Crippen LogP contribution in [-0.2, 0) is 0 Å². The van der Waals surface area contributed by atoms with Gasteiger partial charge in [0.25, 0.3) is 0 Å². The van der Waals surface area contributed by atoms with Gasteiger partial charge in [0.1, 0.15) is 11.9 Å². The van der Waals surface area contributed by atoms with E-state index in [-0.39, 0.29) is 5.88 Å². The van der Waals surface area contributed by atoms with Crippen molar-refractivity contribution in [1.29, 1.82) is 0 Å². The molecule has 0 aliphatic carbocycles. The number of hydrogen-bond donors (Lipinski definition) is 3. The third-order valence-electron chi connectivity index (χ3n) is 2.10. The van der Waals surface area contributed by atoms with Crippen molar-refractivity contribution in [2.24, 2.45) is 0 Å². The SMILES string of the molecule is O=C(O)c1cccc(F)c1C(O)C(O)CCl. The van der Waals surface area contributed by atoms with Gasteiger partial charge in [-0.05, 0) is 12.1 Å². The number of carboxylic acids is 1. The second kappa shape index (κ2) is 5.25. The highest BCUT2D eigenvalue weighted by Gasteiger charge is 2.26. The van der Waals surface area contributed by atoms with Crippen molar-refractivity contribution in [2.45, 2.75) is 12.2 Å². The smallest absolute Gasteiger partial charge is 0.336 e. The fourth-order valence-corrected chi connectivity index (χ4v) is 1.47. The Morgan fingerprint density at radius 1 is 1.44 bits per heavy atom. The lowest BCUT2D eigenvalue weighted by atomic mass is 9.98. The van der Waals surface area contributed by atoms with E-state index in [9.17, 15) is 19.4 Å². The molecule has 0 saturated carbocycles. The van der Waals surface area contributed by atoms with Crippen molar-refractivity contribution in [3.05, 3.63) is 35.1 Å². The summed E-state index contributed by atoms with van der Waals surface area (Å²) in [6, 6.07) is 3.36. The summed E-state index contributed by atoms with van der Waals surface area (Å²) >= 11 is 5.30. The fourth-order valence-electron chi connectivity index (χ4n) is 1.30. The number of aliphatic hydroxyl groups excluding tert-OH is 2. The number of carboxylic acid groups (broad SMARTS) is 1. The molecule has 1 aromatic carbocycles. The predicted octanol–water partition coefficient (Wildman–Crippen LogP) is 1.16. The van der Waals surface area contributed by atoms with Crippen molar-refractivity contribution in [2.75, 3.05) is 5.88 Å². The minimum Gasteiger partial charge on any atom is -0.478 e. The normalized spacial score (nSPS) is 14.5. The Labute approximate surface area is 95.9 Å². The van der Waals surface area contributed by atoms with Gasteiger partial charge in [-0.25, -0.2) is 9.18 Å². The van der Waals surface area contributed by atoms with Crippen LogP contribution in [0.4, 0.5) is 4.39 Å². The van der Waals surface area contributed by atoms with Crippen LogP contribution in [0, 0.1) is 5.82 Å². The van der Waals surface area contributed by atoms with E-state index in [0.29, 0.717) is 0 Å².